The zero-order chi connectivity index (χ0) is 27.5. The molecule has 0 spiro atoms. The van der Waals surface area contributed by atoms with E-state index < -0.39 is 0 Å². The van der Waals surface area contributed by atoms with Crippen molar-refractivity contribution < 1.29 is 4.79 Å². The van der Waals surface area contributed by atoms with Crippen molar-refractivity contribution in [1.29, 1.82) is 0 Å². The summed E-state index contributed by atoms with van der Waals surface area (Å²) < 4.78 is 0. The van der Waals surface area contributed by atoms with Crippen molar-refractivity contribution in [3.8, 4) is 55.6 Å². The topological polar surface area (TPSA) is 17.1 Å². The minimum absolute atomic E-state index is 0.0741. The van der Waals surface area contributed by atoms with Gasteiger partial charge in [0.15, 0.2) is 5.78 Å². The number of hydrogen-bond donors (Lipinski definition) is 0. The molecule has 0 saturated heterocycles. The predicted molar refractivity (Wildman–Crippen MR) is 172 cm³/mol. The van der Waals surface area contributed by atoms with Gasteiger partial charge in [-0.05, 0) is 90.2 Å². The summed E-state index contributed by atoms with van der Waals surface area (Å²) in [5.74, 6) is 0.0741. The van der Waals surface area contributed by atoms with Crippen molar-refractivity contribution in [2.24, 2.45) is 0 Å². The van der Waals surface area contributed by atoms with Gasteiger partial charge < -0.3 is 0 Å². The van der Waals surface area contributed by atoms with Crippen LogP contribution in [0, 0.1) is 0 Å². The molecule has 8 rings (SSSR count). The summed E-state index contributed by atoms with van der Waals surface area (Å²) in [5.41, 5.74) is 12.8. The summed E-state index contributed by atoms with van der Waals surface area (Å²) in [7, 11) is 0. The van der Waals surface area contributed by atoms with Crippen LogP contribution in [0.3, 0.4) is 0 Å². The molecule has 0 radical (unpaired) electrons. The highest BCUT2D eigenvalue weighted by atomic mass is 16.1. The predicted octanol–water partition coefficient (Wildman–Crippen LogP) is 10.8. The molecule has 1 heteroatoms. The Bertz CT molecular complexity index is 2150. The zero-order valence-electron chi connectivity index (χ0n) is 22.7. The molecule has 7 aromatic rings. The molecular weight excluding hydrogens is 496 g/mol. The van der Waals surface area contributed by atoms with Gasteiger partial charge in [-0.15, -0.1) is 0 Å². The van der Waals surface area contributed by atoms with Crippen LogP contribution in [0.2, 0.25) is 0 Å². The monoisotopic (exact) mass is 522 g/mol. The van der Waals surface area contributed by atoms with E-state index in [0.29, 0.717) is 0 Å². The van der Waals surface area contributed by atoms with E-state index in [1.807, 2.05) is 18.2 Å². The Kier molecular flexibility index (Phi) is 5.27. The fourth-order valence-corrected chi connectivity index (χ4v) is 6.80. The minimum Gasteiger partial charge on any atom is -0.294 e. The molecule has 0 heterocycles. The molecule has 1 aliphatic carbocycles. The van der Waals surface area contributed by atoms with Crippen LogP contribution in [-0.2, 0) is 0 Å². The third kappa shape index (κ3) is 3.53. The lowest BCUT2D eigenvalue weighted by Crippen LogP contribution is -1.97. The molecule has 41 heavy (non-hydrogen) atoms. The first-order valence-electron chi connectivity index (χ1n) is 14.1. The molecule has 0 amide bonds. The number of rotatable bonds is 4. The molecule has 0 aromatic heterocycles. The van der Waals surface area contributed by atoms with Gasteiger partial charge in [0.2, 0.25) is 0 Å². The maximum atomic E-state index is 12.6. The molecule has 0 aliphatic heterocycles. The quantitative estimate of drug-likeness (QED) is 0.210. The lowest BCUT2D eigenvalue weighted by Gasteiger charge is -2.21. The molecule has 0 N–H and O–H groups in total. The molecule has 1 aliphatic rings. The van der Waals surface area contributed by atoms with Crippen molar-refractivity contribution in [2.45, 2.75) is 6.92 Å². The second-order valence-electron chi connectivity index (χ2n) is 10.8. The summed E-state index contributed by atoms with van der Waals surface area (Å²) in [6.07, 6.45) is 0. The Labute approximate surface area is 239 Å². The average molecular weight is 523 g/mol. The van der Waals surface area contributed by atoms with Gasteiger partial charge in [-0.3, -0.25) is 4.79 Å². The first-order chi connectivity index (χ1) is 20.2. The molecule has 0 unspecified atom stereocenters. The molecular formula is C40H26O. The van der Waals surface area contributed by atoms with Crippen molar-refractivity contribution in [3.63, 3.8) is 0 Å². The summed E-state index contributed by atoms with van der Waals surface area (Å²) in [6.45, 7) is 1.65. The maximum absolute atomic E-state index is 12.6. The lowest BCUT2D eigenvalue weighted by atomic mass is 9.81. The van der Waals surface area contributed by atoms with Crippen LogP contribution in [0.5, 0.6) is 0 Å². The largest absolute Gasteiger partial charge is 0.294 e. The van der Waals surface area contributed by atoms with E-state index in [4.69, 9.17) is 0 Å². The molecule has 0 saturated carbocycles. The lowest BCUT2D eigenvalue weighted by molar-refractivity contribution is 0.101. The summed E-state index contributed by atoms with van der Waals surface area (Å²) >= 11 is 0. The van der Waals surface area contributed by atoms with Gasteiger partial charge in [0.1, 0.15) is 0 Å². The molecule has 192 valence electrons. The van der Waals surface area contributed by atoms with E-state index >= 15 is 0 Å². The molecule has 0 fully saturated rings. The van der Waals surface area contributed by atoms with E-state index in [0.717, 1.165) is 16.7 Å². The highest BCUT2D eigenvalue weighted by Gasteiger charge is 2.30. The molecule has 1 nitrogen and oxygen atoms in total. The van der Waals surface area contributed by atoms with E-state index in [-0.39, 0.29) is 5.78 Å². The number of fused-ring (bicyclic) bond motifs is 4. The Morgan fingerprint density at radius 3 is 1.59 bits per heavy atom. The number of carbonyl (C=O) groups is 1. The average Bonchev–Trinajstić information content (AvgIpc) is 3.36. The number of ketones is 1. The second kappa shape index (κ2) is 9.15. The van der Waals surface area contributed by atoms with Crippen molar-refractivity contribution in [1.82, 2.24) is 0 Å². The van der Waals surface area contributed by atoms with Crippen LogP contribution in [0.25, 0.3) is 77.2 Å². The van der Waals surface area contributed by atoms with Gasteiger partial charge in [-0.25, -0.2) is 0 Å². The Morgan fingerprint density at radius 2 is 0.976 bits per heavy atom. The number of hydrogen-bond acceptors (Lipinski definition) is 1. The van der Waals surface area contributed by atoms with Crippen LogP contribution in [0.1, 0.15) is 17.3 Å². The first kappa shape index (κ1) is 23.6. The third-order valence-electron chi connectivity index (χ3n) is 8.49. The van der Waals surface area contributed by atoms with Crippen molar-refractivity contribution in [2.75, 3.05) is 0 Å². The first-order valence-corrected chi connectivity index (χ1v) is 14.1. The smallest absolute Gasteiger partial charge is 0.160 e. The normalized spacial score (nSPS) is 11.6. The minimum atomic E-state index is 0.0741. The van der Waals surface area contributed by atoms with Gasteiger partial charge in [0, 0.05) is 5.56 Å². The zero-order valence-corrected chi connectivity index (χ0v) is 22.7. The van der Waals surface area contributed by atoms with Crippen LogP contribution in [0.4, 0.5) is 0 Å². The van der Waals surface area contributed by atoms with Gasteiger partial charge in [-0.2, -0.15) is 0 Å². The molecule has 0 atom stereocenters. The molecule has 0 bridgehead atoms. The Balaban J connectivity index is 1.59. The summed E-state index contributed by atoms with van der Waals surface area (Å²) in [6, 6.07) is 49.6. The number of Topliss-reactive ketones (excluding diaryl/α,β-unsaturated/α-hetero) is 1. The van der Waals surface area contributed by atoms with Crippen LogP contribution in [-0.4, -0.2) is 5.78 Å². The van der Waals surface area contributed by atoms with Gasteiger partial charge in [0.05, 0.1) is 0 Å². The fraction of sp³-hybridized carbons (Fsp3) is 0.0250. The van der Waals surface area contributed by atoms with Crippen molar-refractivity contribution >= 4 is 27.3 Å². The van der Waals surface area contributed by atoms with Gasteiger partial charge >= 0.3 is 0 Å². The third-order valence-corrected chi connectivity index (χ3v) is 8.49. The van der Waals surface area contributed by atoms with E-state index in [1.54, 1.807) is 6.92 Å². The SMILES string of the molecule is CC(=O)c1ccccc1-c1ccc2c(-c3ccccc3)c3c(c(-c4ccccc4)c2c1)-c1cccc2cccc-3c12. The van der Waals surface area contributed by atoms with Gasteiger partial charge in [0.25, 0.3) is 0 Å². The van der Waals surface area contributed by atoms with Crippen LogP contribution in [0.15, 0.2) is 140 Å². The fourth-order valence-electron chi connectivity index (χ4n) is 6.80. The number of benzene rings is 7. The summed E-state index contributed by atoms with van der Waals surface area (Å²) in [5, 5.41) is 4.98. The van der Waals surface area contributed by atoms with E-state index in [1.165, 1.54) is 66.1 Å². The van der Waals surface area contributed by atoms with Crippen LogP contribution < -0.4 is 0 Å². The summed E-state index contributed by atoms with van der Waals surface area (Å²) in [4.78, 5) is 12.6. The van der Waals surface area contributed by atoms with E-state index in [2.05, 4.69) is 121 Å². The van der Waals surface area contributed by atoms with Crippen LogP contribution >= 0.6 is 0 Å². The standard InChI is InChI=1S/C40H26O/c1-25(41)30-18-8-9-19-31(30)29-22-23-32-35(24-29)38(28-14-6-3-7-15-28)40-34-21-11-17-26-16-10-20-33(36(26)34)39(40)37(32)27-12-4-2-5-13-27/h2-24H,1H3. The van der Waals surface area contributed by atoms with E-state index in [9.17, 15) is 4.79 Å². The Hall–Kier alpha value is -5.27. The maximum Gasteiger partial charge on any atom is 0.160 e. The second-order valence-corrected chi connectivity index (χ2v) is 10.8. The molecule has 7 aromatic carbocycles. The highest BCUT2D eigenvalue weighted by molar-refractivity contribution is 6.27. The number of carbonyl (C=O) groups excluding carboxylic acids is 1. The highest BCUT2D eigenvalue weighted by Crippen LogP contribution is 2.57. The van der Waals surface area contributed by atoms with Crippen molar-refractivity contribution in [3.05, 3.63) is 145 Å². The van der Waals surface area contributed by atoms with Gasteiger partial charge in [-0.1, -0.05) is 133 Å². The Morgan fingerprint density at radius 1 is 0.439 bits per heavy atom.